The van der Waals surface area contributed by atoms with Gasteiger partial charge in [0, 0.05) is 25.0 Å². The zero-order chi connectivity index (χ0) is 13.9. The first kappa shape index (κ1) is 14.5. The predicted octanol–water partition coefficient (Wildman–Crippen LogP) is 2.34. The van der Waals surface area contributed by atoms with Crippen LogP contribution in [0.4, 0.5) is 0 Å². The molecular weight excluding hydrogens is 236 g/mol. The van der Waals surface area contributed by atoms with Crippen LogP contribution in [0.2, 0.25) is 0 Å². The Labute approximate surface area is 117 Å². The molecule has 2 atom stereocenters. The van der Waals surface area contributed by atoms with Gasteiger partial charge >= 0.3 is 0 Å². The van der Waals surface area contributed by atoms with Gasteiger partial charge in [0.2, 0.25) is 0 Å². The van der Waals surface area contributed by atoms with Gasteiger partial charge in [-0.3, -0.25) is 4.90 Å². The molecule has 0 bridgehead atoms. The van der Waals surface area contributed by atoms with E-state index in [1.165, 1.54) is 25.9 Å². The number of aromatic nitrogens is 2. The van der Waals surface area contributed by atoms with Gasteiger partial charge < -0.3 is 9.88 Å². The number of hydrogen-bond acceptors (Lipinski definition) is 3. The smallest absolute Gasteiger partial charge is 0.127 e. The number of nitrogens with zero attached hydrogens (tertiary/aromatic N) is 3. The summed E-state index contributed by atoms with van der Waals surface area (Å²) in [7, 11) is 2.09. The number of likely N-dealkylation sites (N-methyl/N-ethyl adjacent to an activating group) is 1. The minimum atomic E-state index is 0.144. The van der Waals surface area contributed by atoms with Crippen LogP contribution >= 0.6 is 0 Å². The van der Waals surface area contributed by atoms with E-state index in [2.05, 4.69) is 47.6 Å². The highest BCUT2D eigenvalue weighted by molar-refractivity contribution is 5.10. The first-order valence-corrected chi connectivity index (χ1v) is 7.59. The van der Waals surface area contributed by atoms with E-state index in [4.69, 9.17) is 0 Å². The molecule has 4 nitrogen and oxygen atoms in total. The van der Waals surface area contributed by atoms with Crippen molar-refractivity contribution in [2.24, 2.45) is 7.05 Å². The molecule has 2 rings (SSSR count). The van der Waals surface area contributed by atoms with E-state index in [-0.39, 0.29) is 5.54 Å². The highest BCUT2D eigenvalue weighted by atomic mass is 15.3. The molecule has 1 fully saturated rings. The van der Waals surface area contributed by atoms with Crippen molar-refractivity contribution in [2.75, 3.05) is 19.6 Å². The molecule has 2 heterocycles. The number of nitrogens with one attached hydrogen (secondary N) is 1. The lowest BCUT2D eigenvalue weighted by Gasteiger charge is -2.44. The first-order chi connectivity index (χ1) is 9.13. The van der Waals surface area contributed by atoms with Crippen LogP contribution < -0.4 is 5.32 Å². The van der Waals surface area contributed by atoms with E-state index >= 15 is 0 Å². The molecule has 1 aliphatic rings. The quantitative estimate of drug-likeness (QED) is 0.856. The lowest BCUT2D eigenvalue weighted by molar-refractivity contribution is 0.0799. The van der Waals surface area contributed by atoms with Crippen molar-refractivity contribution in [1.82, 2.24) is 19.8 Å². The summed E-state index contributed by atoms with van der Waals surface area (Å²) in [6.07, 6.45) is 7.74. The second-order valence-electron chi connectivity index (χ2n) is 5.79. The van der Waals surface area contributed by atoms with E-state index in [1.54, 1.807) is 0 Å². The van der Waals surface area contributed by atoms with Gasteiger partial charge in [-0.1, -0.05) is 13.8 Å². The molecule has 0 radical (unpaired) electrons. The Balaban J connectivity index is 2.32. The summed E-state index contributed by atoms with van der Waals surface area (Å²) in [6.45, 7) is 10.3. The molecule has 2 unspecified atom stereocenters. The number of aryl methyl sites for hydroxylation is 1. The van der Waals surface area contributed by atoms with Gasteiger partial charge in [-0.25, -0.2) is 4.98 Å². The maximum Gasteiger partial charge on any atom is 0.127 e. The van der Waals surface area contributed by atoms with E-state index in [0.717, 1.165) is 18.8 Å². The maximum atomic E-state index is 4.59. The van der Waals surface area contributed by atoms with Crippen molar-refractivity contribution in [2.45, 2.75) is 51.6 Å². The van der Waals surface area contributed by atoms with Gasteiger partial charge in [0.15, 0.2) is 0 Å². The Kier molecular flexibility index (Phi) is 4.63. The third-order valence-electron chi connectivity index (χ3n) is 4.69. The Morgan fingerprint density at radius 1 is 1.37 bits per heavy atom. The number of rotatable bonds is 6. The van der Waals surface area contributed by atoms with E-state index in [9.17, 15) is 0 Å². The van der Waals surface area contributed by atoms with Crippen molar-refractivity contribution in [3.05, 3.63) is 18.2 Å². The van der Waals surface area contributed by atoms with Crippen molar-refractivity contribution < 1.29 is 0 Å². The summed E-state index contributed by atoms with van der Waals surface area (Å²) in [5.74, 6) is 1.15. The predicted molar refractivity (Wildman–Crippen MR) is 79.1 cm³/mol. The molecule has 1 aliphatic heterocycles. The Hall–Kier alpha value is -0.870. The fourth-order valence-corrected chi connectivity index (χ4v) is 3.29. The van der Waals surface area contributed by atoms with Gasteiger partial charge in [0.1, 0.15) is 5.82 Å². The fraction of sp³-hybridized carbons (Fsp3) is 0.800. The molecule has 108 valence electrons. The second kappa shape index (κ2) is 6.06. The molecule has 19 heavy (non-hydrogen) atoms. The van der Waals surface area contributed by atoms with Crippen molar-refractivity contribution in [3.63, 3.8) is 0 Å². The topological polar surface area (TPSA) is 33.1 Å². The zero-order valence-electron chi connectivity index (χ0n) is 12.8. The van der Waals surface area contributed by atoms with Crippen LogP contribution in [0.5, 0.6) is 0 Å². The minimum absolute atomic E-state index is 0.144. The number of imidazole rings is 1. The average Bonchev–Trinajstić information content (AvgIpc) is 3.06. The normalized spacial score (nSPS) is 21.5. The molecule has 1 saturated heterocycles. The molecule has 1 N–H and O–H groups in total. The number of likely N-dealkylation sites (tertiary alicyclic amines) is 1. The molecule has 1 aromatic heterocycles. The largest absolute Gasteiger partial charge is 0.337 e. The average molecular weight is 264 g/mol. The minimum Gasteiger partial charge on any atom is -0.337 e. The van der Waals surface area contributed by atoms with Crippen LogP contribution in [0, 0.1) is 0 Å². The lowest BCUT2D eigenvalue weighted by Crippen LogP contribution is -2.54. The molecule has 0 spiro atoms. The summed E-state index contributed by atoms with van der Waals surface area (Å²) in [5.41, 5.74) is 0.144. The summed E-state index contributed by atoms with van der Waals surface area (Å²) in [6, 6.07) is 0.292. The molecular formula is C15H28N4. The van der Waals surface area contributed by atoms with Gasteiger partial charge in [0.25, 0.3) is 0 Å². The third-order valence-corrected chi connectivity index (χ3v) is 4.69. The van der Waals surface area contributed by atoms with E-state index < -0.39 is 0 Å². The van der Waals surface area contributed by atoms with Crippen molar-refractivity contribution in [3.8, 4) is 0 Å². The summed E-state index contributed by atoms with van der Waals surface area (Å²) < 4.78 is 2.15. The van der Waals surface area contributed by atoms with Crippen molar-refractivity contribution >= 4 is 0 Å². The standard InChI is InChI=1S/C15H28N4/c1-5-15(3,19-10-7-8-11-19)13(16-6-2)14-17-9-12-18(14)4/h9,12-13,16H,5-8,10-11H2,1-4H3. The Morgan fingerprint density at radius 2 is 2.05 bits per heavy atom. The van der Waals surface area contributed by atoms with Crippen LogP contribution in [0.25, 0.3) is 0 Å². The van der Waals surface area contributed by atoms with Gasteiger partial charge in [-0.05, 0) is 45.8 Å². The van der Waals surface area contributed by atoms with E-state index in [0.29, 0.717) is 6.04 Å². The fourth-order valence-electron chi connectivity index (χ4n) is 3.29. The molecule has 0 amide bonds. The van der Waals surface area contributed by atoms with Gasteiger partial charge in [-0.15, -0.1) is 0 Å². The third kappa shape index (κ3) is 2.70. The molecule has 0 aliphatic carbocycles. The second-order valence-corrected chi connectivity index (χ2v) is 5.79. The highest BCUT2D eigenvalue weighted by Crippen LogP contribution is 2.35. The summed E-state index contributed by atoms with van der Waals surface area (Å²) in [4.78, 5) is 7.24. The van der Waals surface area contributed by atoms with Gasteiger partial charge in [-0.2, -0.15) is 0 Å². The first-order valence-electron chi connectivity index (χ1n) is 7.59. The van der Waals surface area contributed by atoms with Crippen molar-refractivity contribution in [1.29, 1.82) is 0 Å². The summed E-state index contributed by atoms with van der Waals surface area (Å²) in [5, 5.41) is 3.67. The Morgan fingerprint density at radius 3 is 2.53 bits per heavy atom. The Bertz CT molecular complexity index is 395. The monoisotopic (exact) mass is 264 g/mol. The van der Waals surface area contributed by atoms with E-state index in [1.807, 2.05) is 12.4 Å². The zero-order valence-corrected chi connectivity index (χ0v) is 12.8. The molecule has 1 aromatic rings. The van der Waals surface area contributed by atoms with Gasteiger partial charge in [0.05, 0.1) is 6.04 Å². The molecule has 4 heteroatoms. The number of hydrogen-bond donors (Lipinski definition) is 1. The van der Waals surface area contributed by atoms with Crippen LogP contribution in [0.1, 0.15) is 51.9 Å². The SMILES string of the molecule is CCNC(c1nccn1C)C(C)(CC)N1CCCC1. The highest BCUT2D eigenvalue weighted by Gasteiger charge is 2.41. The lowest BCUT2D eigenvalue weighted by atomic mass is 9.86. The molecule has 0 saturated carbocycles. The summed E-state index contributed by atoms with van der Waals surface area (Å²) >= 11 is 0. The maximum absolute atomic E-state index is 4.59. The van der Waals surface area contributed by atoms with Crippen LogP contribution in [-0.2, 0) is 7.05 Å². The molecule has 0 aromatic carbocycles. The van der Waals surface area contributed by atoms with Crippen LogP contribution in [0.15, 0.2) is 12.4 Å². The van der Waals surface area contributed by atoms with Crippen LogP contribution in [0.3, 0.4) is 0 Å². The van der Waals surface area contributed by atoms with Crippen LogP contribution in [-0.4, -0.2) is 39.6 Å².